The van der Waals surface area contributed by atoms with Gasteiger partial charge in [0.05, 0.1) is 6.04 Å². The summed E-state index contributed by atoms with van der Waals surface area (Å²) in [6.45, 7) is 0. The largest absolute Gasteiger partial charge is 0.353 e. The Hall–Kier alpha value is -3.15. The van der Waals surface area contributed by atoms with E-state index in [1.54, 1.807) is 0 Å². The van der Waals surface area contributed by atoms with Crippen LogP contribution in [-0.4, -0.2) is 42.4 Å². The van der Waals surface area contributed by atoms with Crippen molar-refractivity contribution in [3.8, 4) is 0 Å². The van der Waals surface area contributed by atoms with E-state index in [0.717, 1.165) is 48.3 Å². The van der Waals surface area contributed by atoms with E-state index in [4.69, 9.17) is 11.6 Å². The van der Waals surface area contributed by atoms with Crippen LogP contribution in [0.4, 0.5) is 0 Å². The van der Waals surface area contributed by atoms with Crippen molar-refractivity contribution in [2.24, 2.45) is 0 Å². The Kier molecular flexibility index (Phi) is 9.59. The van der Waals surface area contributed by atoms with Crippen LogP contribution >= 0.6 is 11.6 Å². The molecule has 3 aromatic carbocycles. The van der Waals surface area contributed by atoms with Crippen molar-refractivity contribution in [2.45, 2.75) is 62.6 Å². The molecule has 38 heavy (non-hydrogen) atoms. The van der Waals surface area contributed by atoms with Crippen LogP contribution in [0.2, 0.25) is 5.02 Å². The van der Waals surface area contributed by atoms with E-state index in [9.17, 15) is 9.59 Å². The van der Waals surface area contributed by atoms with Crippen LogP contribution in [0.1, 0.15) is 61.3 Å². The van der Waals surface area contributed by atoms with Crippen molar-refractivity contribution in [2.75, 3.05) is 14.1 Å². The zero-order valence-corrected chi connectivity index (χ0v) is 23.1. The van der Waals surface area contributed by atoms with Crippen LogP contribution in [0.25, 0.3) is 0 Å². The van der Waals surface area contributed by atoms with Crippen LogP contribution in [0.5, 0.6) is 0 Å². The number of likely N-dealkylation sites (N-methyl/N-ethyl adjacent to an activating group) is 1. The van der Waals surface area contributed by atoms with Crippen molar-refractivity contribution in [3.05, 3.63) is 107 Å². The number of nitrogens with zero attached hydrogens (tertiary/aromatic N) is 1. The molecule has 0 heterocycles. The molecule has 5 nitrogen and oxygen atoms in total. The predicted octanol–water partition coefficient (Wildman–Crippen LogP) is 5.93. The highest BCUT2D eigenvalue weighted by molar-refractivity contribution is 6.30. The minimum Gasteiger partial charge on any atom is -0.353 e. The van der Waals surface area contributed by atoms with E-state index >= 15 is 0 Å². The molecule has 0 spiro atoms. The fourth-order valence-electron chi connectivity index (χ4n) is 5.52. The van der Waals surface area contributed by atoms with Gasteiger partial charge in [0.25, 0.3) is 0 Å². The molecule has 2 N–H and O–H groups in total. The Balaban J connectivity index is 1.27. The Morgan fingerprint density at radius 2 is 1.45 bits per heavy atom. The van der Waals surface area contributed by atoms with Crippen LogP contribution in [0.15, 0.2) is 84.9 Å². The van der Waals surface area contributed by atoms with Crippen LogP contribution in [0.3, 0.4) is 0 Å². The first kappa shape index (κ1) is 27.9. The molecule has 1 saturated carbocycles. The lowest BCUT2D eigenvalue weighted by molar-refractivity contribution is -0.127. The fraction of sp³-hybridized carbons (Fsp3) is 0.375. The molecule has 0 bridgehead atoms. The number of carbonyl (C=O) groups excluding carboxylic acids is 2. The lowest BCUT2D eigenvalue weighted by atomic mass is 9.75. The first-order valence-corrected chi connectivity index (χ1v) is 13.8. The Morgan fingerprint density at radius 3 is 2.00 bits per heavy atom. The van der Waals surface area contributed by atoms with Gasteiger partial charge in [0, 0.05) is 29.4 Å². The number of hydrogen-bond donors (Lipinski definition) is 2. The average Bonchev–Trinajstić information content (AvgIpc) is 2.92. The zero-order valence-electron chi connectivity index (χ0n) is 22.3. The molecule has 6 heteroatoms. The normalized spacial score (nSPS) is 19.3. The third-order valence-corrected chi connectivity index (χ3v) is 8.04. The molecule has 0 atom stereocenters. The molecule has 4 rings (SSSR count). The molecule has 1 aliphatic rings. The van der Waals surface area contributed by atoms with Crippen LogP contribution in [0, 0.1) is 0 Å². The number of rotatable bonds is 10. The maximum atomic E-state index is 12.8. The van der Waals surface area contributed by atoms with Gasteiger partial charge in [-0.1, -0.05) is 84.4 Å². The summed E-state index contributed by atoms with van der Waals surface area (Å²) in [7, 11) is 4.28. The molecule has 0 unspecified atom stereocenters. The Labute approximate surface area is 231 Å². The molecular weight excluding hydrogens is 494 g/mol. The molecule has 0 aliphatic heterocycles. The second-order valence-corrected chi connectivity index (χ2v) is 11.0. The van der Waals surface area contributed by atoms with Crippen molar-refractivity contribution in [3.63, 3.8) is 0 Å². The van der Waals surface area contributed by atoms with Gasteiger partial charge in [-0.3, -0.25) is 9.59 Å². The molecular formula is C32H38ClN3O2. The van der Waals surface area contributed by atoms with Gasteiger partial charge < -0.3 is 15.5 Å². The molecule has 1 fully saturated rings. The Bertz CT molecular complexity index is 1150. The highest BCUT2D eigenvalue weighted by Gasteiger charge is 2.37. The molecule has 1 aliphatic carbocycles. The lowest BCUT2D eigenvalue weighted by Crippen LogP contribution is -2.52. The van der Waals surface area contributed by atoms with E-state index in [1.807, 2.05) is 78.9 Å². The molecule has 2 amide bonds. The number of hydrogen-bond acceptors (Lipinski definition) is 3. The summed E-state index contributed by atoms with van der Waals surface area (Å²) >= 11 is 6.22. The molecule has 0 aromatic heterocycles. The monoisotopic (exact) mass is 531 g/mol. The summed E-state index contributed by atoms with van der Waals surface area (Å²) in [4.78, 5) is 27.9. The van der Waals surface area contributed by atoms with E-state index in [-0.39, 0.29) is 42.3 Å². The summed E-state index contributed by atoms with van der Waals surface area (Å²) in [5.41, 5.74) is 3.32. The summed E-state index contributed by atoms with van der Waals surface area (Å²) in [5, 5.41) is 7.07. The van der Waals surface area contributed by atoms with E-state index in [1.165, 1.54) is 5.56 Å². The van der Waals surface area contributed by atoms with Gasteiger partial charge in [-0.05, 0) is 75.0 Å². The number of nitrogens with one attached hydrogen (secondary N) is 2. The standard InChI is InChI=1S/C32H38ClN3O2/c1-36(2)32(23-24-10-9-15-27(33)22-24)20-18-28(19-21-32)34-29(37)16-17-30(38)35-31(25-11-5-3-6-12-25)26-13-7-4-8-14-26/h3-15,22,28,31H,16-21,23H2,1-2H3,(H,34,37)(H,35,38). The summed E-state index contributed by atoms with van der Waals surface area (Å²) in [6, 6.07) is 27.8. The topological polar surface area (TPSA) is 61.4 Å². The average molecular weight is 532 g/mol. The molecule has 200 valence electrons. The smallest absolute Gasteiger partial charge is 0.221 e. The van der Waals surface area contributed by atoms with Gasteiger partial charge in [-0.25, -0.2) is 0 Å². The molecule has 0 saturated heterocycles. The second kappa shape index (κ2) is 13.1. The summed E-state index contributed by atoms with van der Waals surface area (Å²) < 4.78 is 0. The lowest BCUT2D eigenvalue weighted by Gasteiger charge is -2.45. The van der Waals surface area contributed by atoms with E-state index in [0.29, 0.717) is 0 Å². The highest BCUT2D eigenvalue weighted by atomic mass is 35.5. The predicted molar refractivity (Wildman–Crippen MR) is 154 cm³/mol. The maximum absolute atomic E-state index is 12.8. The molecule has 3 aromatic rings. The Morgan fingerprint density at radius 1 is 0.868 bits per heavy atom. The minimum atomic E-state index is -0.245. The fourth-order valence-corrected chi connectivity index (χ4v) is 5.73. The second-order valence-electron chi connectivity index (χ2n) is 10.6. The van der Waals surface area contributed by atoms with Gasteiger partial charge in [-0.15, -0.1) is 0 Å². The highest BCUT2D eigenvalue weighted by Crippen LogP contribution is 2.36. The van der Waals surface area contributed by atoms with Crippen molar-refractivity contribution in [1.29, 1.82) is 0 Å². The first-order chi connectivity index (χ1) is 18.3. The SMILES string of the molecule is CN(C)C1(Cc2cccc(Cl)c2)CCC(NC(=O)CCC(=O)NC(c2ccccc2)c2ccccc2)CC1. The minimum absolute atomic E-state index is 0.0513. The summed E-state index contributed by atoms with van der Waals surface area (Å²) in [6.07, 6.45) is 5.10. The third-order valence-electron chi connectivity index (χ3n) is 7.80. The maximum Gasteiger partial charge on any atom is 0.221 e. The van der Waals surface area contributed by atoms with E-state index in [2.05, 4.69) is 35.7 Å². The first-order valence-electron chi connectivity index (χ1n) is 13.5. The van der Waals surface area contributed by atoms with Crippen LogP contribution < -0.4 is 10.6 Å². The van der Waals surface area contributed by atoms with Gasteiger partial charge in [0.15, 0.2) is 0 Å². The van der Waals surface area contributed by atoms with Crippen LogP contribution in [-0.2, 0) is 16.0 Å². The van der Waals surface area contributed by atoms with Crippen molar-refractivity contribution >= 4 is 23.4 Å². The van der Waals surface area contributed by atoms with E-state index < -0.39 is 0 Å². The van der Waals surface area contributed by atoms with Crippen molar-refractivity contribution < 1.29 is 9.59 Å². The number of benzene rings is 3. The van der Waals surface area contributed by atoms with Gasteiger partial charge >= 0.3 is 0 Å². The summed E-state index contributed by atoms with van der Waals surface area (Å²) in [5.74, 6) is -0.192. The number of halogens is 1. The quantitative estimate of drug-likeness (QED) is 0.341. The van der Waals surface area contributed by atoms with Gasteiger partial charge in [0.2, 0.25) is 11.8 Å². The van der Waals surface area contributed by atoms with Crippen molar-refractivity contribution in [1.82, 2.24) is 15.5 Å². The number of amides is 2. The third kappa shape index (κ3) is 7.46. The molecule has 0 radical (unpaired) electrons. The number of carbonyl (C=O) groups is 2. The zero-order chi connectivity index (χ0) is 27.0. The van der Waals surface area contributed by atoms with Gasteiger partial charge in [0.1, 0.15) is 0 Å². The van der Waals surface area contributed by atoms with Gasteiger partial charge in [-0.2, -0.15) is 0 Å².